The van der Waals surface area contributed by atoms with Crippen molar-refractivity contribution < 1.29 is 17.6 Å². The molecule has 2 aromatic rings. The lowest BCUT2D eigenvalue weighted by Crippen LogP contribution is -2.16. The lowest BCUT2D eigenvalue weighted by Gasteiger charge is -2.07. The van der Waals surface area contributed by atoms with Gasteiger partial charge in [0.25, 0.3) is 0 Å². The third kappa shape index (κ3) is 2.08. The van der Waals surface area contributed by atoms with Gasteiger partial charge in [-0.05, 0) is 12.1 Å². The fourth-order valence-corrected chi connectivity index (χ4v) is 1.36. The molecule has 0 aliphatic heterocycles. The number of halogens is 4. The van der Waals surface area contributed by atoms with Crippen LogP contribution >= 0.6 is 0 Å². The molecule has 0 N–H and O–H groups in total. The molecule has 0 unspecified atom stereocenters. The van der Waals surface area contributed by atoms with Crippen LogP contribution in [0.1, 0.15) is 0 Å². The fourth-order valence-electron chi connectivity index (χ4n) is 1.36. The van der Waals surface area contributed by atoms with E-state index in [0.29, 0.717) is 0 Å². The van der Waals surface area contributed by atoms with E-state index in [0.717, 1.165) is 23.0 Å². The van der Waals surface area contributed by atoms with Crippen LogP contribution in [0.3, 0.4) is 0 Å². The van der Waals surface area contributed by atoms with Crippen molar-refractivity contribution in [2.75, 3.05) is 0 Å². The summed E-state index contributed by atoms with van der Waals surface area (Å²) in [6, 6.07) is 3.49. The first-order chi connectivity index (χ1) is 6.96. The van der Waals surface area contributed by atoms with Crippen molar-refractivity contribution in [3.05, 3.63) is 30.3 Å². The fraction of sp³-hybridized carbons (Fsp3) is 0.222. The van der Waals surface area contributed by atoms with Crippen LogP contribution in [0, 0.1) is 5.82 Å². The number of nitrogens with zero attached hydrogens (tertiary/aromatic N) is 2. The third-order valence-corrected chi connectivity index (χ3v) is 1.93. The molecule has 0 amide bonds. The topological polar surface area (TPSA) is 17.8 Å². The first kappa shape index (κ1) is 9.95. The number of rotatable bonds is 1. The van der Waals surface area contributed by atoms with Crippen molar-refractivity contribution >= 4 is 11.0 Å². The molecule has 0 saturated carbocycles. The summed E-state index contributed by atoms with van der Waals surface area (Å²) in [4.78, 5) is 3.69. The average molecular weight is 218 g/mol. The monoisotopic (exact) mass is 218 g/mol. The maximum absolute atomic E-state index is 12.7. The number of aromatic nitrogens is 2. The van der Waals surface area contributed by atoms with E-state index in [-0.39, 0.29) is 11.0 Å². The van der Waals surface area contributed by atoms with Gasteiger partial charge >= 0.3 is 6.18 Å². The second-order valence-electron chi connectivity index (χ2n) is 3.12. The molecule has 15 heavy (non-hydrogen) atoms. The first-order valence-electron chi connectivity index (χ1n) is 4.13. The van der Waals surface area contributed by atoms with Gasteiger partial charge in [-0.2, -0.15) is 13.2 Å². The first-order valence-corrected chi connectivity index (χ1v) is 4.13. The molecule has 80 valence electrons. The summed E-state index contributed by atoms with van der Waals surface area (Å²) in [6.45, 7) is -1.12. The zero-order chi connectivity index (χ0) is 11.1. The summed E-state index contributed by atoms with van der Waals surface area (Å²) in [5.74, 6) is -0.514. The van der Waals surface area contributed by atoms with Crippen LogP contribution < -0.4 is 0 Å². The minimum absolute atomic E-state index is 0.222. The number of benzene rings is 1. The molecule has 2 rings (SSSR count). The predicted octanol–water partition coefficient (Wildman–Crippen LogP) is 2.74. The van der Waals surface area contributed by atoms with Crippen LogP contribution in [0.15, 0.2) is 24.5 Å². The van der Waals surface area contributed by atoms with Gasteiger partial charge in [-0.1, -0.05) is 0 Å². The highest BCUT2D eigenvalue weighted by molar-refractivity contribution is 5.75. The van der Waals surface area contributed by atoms with Gasteiger partial charge in [0.05, 0.1) is 17.4 Å². The van der Waals surface area contributed by atoms with Crippen molar-refractivity contribution in [2.45, 2.75) is 12.7 Å². The Morgan fingerprint density at radius 3 is 2.67 bits per heavy atom. The summed E-state index contributed by atoms with van der Waals surface area (Å²) in [6.07, 6.45) is -3.25. The van der Waals surface area contributed by atoms with Gasteiger partial charge < -0.3 is 4.57 Å². The lowest BCUT2D eigenvalue weighted by molar-refractivity contribution is -0.139. The molecule has 0 bridgehead atoms. The van der Waals surface area contributed by atoms with Gasteiger partial charge in [-0.25, -0.2) is 9.37 Å². The van der Waals surface area contributed by atoms with Crippen LogP contribution in [-0.4, -0.2) is 15.7 Å². The second-order valence-corrected chi connectivity index (χ2v) is 3.12. The SMILES string of the molecule is Fc1ccc2c(c1)ncn2CC(F)(F)F. The molecular formula is C9H6F4N2. The van der Waals surface area contributed by atoms with E-state index >= 15 is 0 Å². The molecule has 1 aromatic heterocycles. The summed E-state index contributed by atoms with van der Waals surface area (Å²) in [5, 5.41) is 0. The highest BCUT2D eigenvalue weighted by Gasteiger charge is 2.28. The van der Waals surface area contributed by atoms with Gasteiger partial charge in [0, 0.05) is 6.07 Å². The lowest BCUT2D eigenvalue weighted by atomic mass is 10.3. The second kappa shape index (κ2) is 3.22. The van der Waals surface area contributed by atoms with Crippen LogP contribution in [-0.2, 0) is 6.54 Å². The van der Waals surface area contributed by atoms with Crippen molar-refractivity contribution in [1.82, 2.24) is 9.55 Å². The van der Waals surface area contributed by atoms with Gasteiger partial charge in [-0.3, -0.25) is 0 Å². The van der Waals surface area contributed by atoms with Gasteiger partial charge in [-0.15, -0.1) is 0 Å². The van der Waals surface area contributed by atoms with Gasteiger partial charge in [0.1, 0.15) is 12.4 Å². The van der Waals surface area contributed by atoms with Crippen LogP contribution in [0.2, 0.25) is 0 Å². The molecule has 0 aliphatic rings. The van der Waals surface area contributed by atoms with E-state index in [1.807, 2.05) is 0 Å². The summed E-state index contributed by atoms with van der Waals surface area (Å²) >= 11 is 0. The van der Waals surface area contributed by atoms with E-state index in [9.17, 15) is 17.6 Å². The normalized spacial score (nSPS) is 12.3. The average Bonchev–Trinajstić information content (AvgIpc) is 2.45. The zero-order valence-electron chi connectivity index (χ0n) is 7.42. The Labute approximate surface area is 82.1 Å². The van der Waals surface area contributed by atoms with Crippen LogP contribution in [0.25, 0.3) is 11.0 Å². The Bertz CT molecular complexity index is 486. The molecule has 0 saturated heterocycles. The van der Waals surface area contributed by atoms with Gasteiger partial charge in [0.15, 0.2) is 0 Å². The minimum Gasteiger partial charge on any atom is -0.321 e. The molecule has 0 spiro atoms. The Hall–Kier alpha value is -1.59. The quantitative estimate of drug-likeness (QED) is 0.673. The number of imidazole rings is 1. The summed E-state index contributed by atoms with van der Waals surface area (Å²) in [7, 11) is 0. The molecule has 6 heteroatoms. The van der Waals surface area contributed by atoms with Crippen molar-refractivity contribution in [2.24, 2.45) is 0 Å². The number of alkyl halides is 3. The molecule has 0 radical (unpaired) electrons. The minimum atomic E-state index is -4.30. The van der Waals surface area contributed by atoms with Gasteiger partial charge in [0.2, 0.25) is 0 Å². The Morgan fingerprint density at radius 2 is 2.00 bits per heavy atom. The molecular weight excluding hydrogens is 212 g/mol. The van der Waals surface area contributed by atoms with E-state index in [1.54, 1.807) is 0 Å². The number of hydrogen-bond donors (Lipinski definition) is 0. The smallest absolute Gasteiger partial charge is 0.321 e. The molecule has 0 atom stereocenters. The molecule has 1 aromatic carbocycles. The van der Waals surface area contributed by atoms with E-state index in [2.05, 4.69) is 4.98 Å². The molecule has 0 aliphatic carbocycles. The number of hydrogen-bond acceptors (Lipinski definition) is 1. The van der Waals surface area contributed by atoms with Crippen LogP contribution in [0.4, 0.5) is 17.6 Å². The third-order valence-electron chi connectivity index (χ3n) is 1.93. The van der Waals surface area contributed by atoms with Crippen LogP contribution in [0.5, 0.6) is 0 Å². The summed E-state index contributed by atoms with van der Waals surface area (Å²) < 4.78 is 50.0. The van der Waals surface area contributed by atoms with Crippen molar-refractivity contribution in [1.29, 1.82) is 0 Å². The maximum atomic E-state index is 12.7. The Kier molecular flexibility index (Phi) is 2.13. The highest BCUT2D eigenvalue weighted by Crippen LogP contribution is 2.21. The highest BCUT2D eigenvalue weighted by atomic mass is 19.4. The van der Waals surface area contributed by atoms with E-state index in [1.165, 1.54) is 6.07 Å². The number of fused-ring (bicyclic) bond motifs is 1. The standard InChI is InChI=1S/C9H6F4N2/c10-6-1-2-8-7(3-6)14-5-15(8)4-9(11,12)13/h1-3,5H,4H2. The summed E-state index contributed by atoms with van der Waals surface area (Å²) in [5.41, 5.74) is 0.493. The molecule has 0 fully saturated rings. The largest absolute Gasteiger partial charge is 0.406 e. The van der Waals surface area contributed by atoms with E-state index < -0.39 is 18.5 Å². The predicted molar refractivity (Wildman–Crippen MR) is 45.7 cm³/mol. The van der Waals surface area contributed by atoms with Crippen molar-refractivity contribution in [3.63, 3.8) is 0 Å². The molecule has 2 nitrogen and oxygen atoms in total. The van der Waals surface area contributed by atoms with Crippen molar-refractivity contribution in [3.8, 4) is 0 Å². The maximum Gasteiger partial charge on any atom is 0.406 e. The Morgan fingerprint density at radius 1 is 1.27 bits per heavy atom. The Balaban J connectivity index is 2.45. The zero-order valence-corrected chi connectivity index (χ0v) is 7.42. The molecule has 1 heterocycles. The van der Waals surface area contributed by atoms with E-state index in [4.69, 9.17) is 0 Å².